The Labute approximate surface area is 124 Å². The van der Waals surface area contributed by atoms with Gasteiger partial charge in [-0.2, -0.15) is 0 Å². The summed E-state index contributed by atoms with van der Waals surface area (Å²) in [5, 5.41) is 2.76. The molecule has 0 saturated carbocycles. The van der Waals surface area contributed by atoms with Crippen LogP contribution in [0.1, 0.15) is 16.8 Å². The Kier molecular flexibility index (Phi) is 3.87. The number of nitrogens with two attached hydrogens (primary N) is 1. The summed E-state index contributed by atoms with van der Waals surface area (Å²) in [6.45, 7) is 0. The van der Waals surface area contributed by atoms with Gasteiger partial charge in [0.15, 0.2) is 0 Å². The minimum atomic E-state index is -0.866. The molecule has 1 aromatic rings. The normalized spacial score (nSPS) is 18.6. The zero-order valence-electron chi connectivity index (χ0n) is 10.4. The first-order valence-corrected chi connectivity index (χ1v) is 6.42. The number of likely N-dealkylation sites (N-methyl/N-ethyl adjacent to an activating group) is 1. The van der Waals surface area contributed by atoms with Crippen LogP contribution in [0, 0.1) is 0 Å². The van der Waals surface area contributed by atoms with Crippen LogP contribution in [0.3, 0.4) is 0 Å². The highest BCUT2D eigenvalue weighted by atomic mass is 35.5. The van der Waals surface area contributed by atoms with Crippen LogP contribution in [0.4, 0.5) is 5.69 Å². The molecule has 1 heterocycles. The topological polar surface area (TPSA) is 92.5 Å². The van der Waals surface area contributed by atoms with Crippen molar-refractivity contribution in [1.82, 2.24) is 10.2 Å². The Bertz CT molecular complexity index is 595. The molecule has 0 bridgehead atoms. The Morgan fingerprint density at radius 2 is 1.90 bits per heavy atom. The minimum Gasteiger partial charge on any atom is -0.396 e. The molecule has 3 amide bonds. The summed E-state index contributed by atoms with van der Waals surface area (Å²) in [4.78, 5) is 36.1. The SMILES string of the molecule is CN1C(=O)CC(NC(=O)c2cc(Cl)c(N)c(Cl)c2)C1=O. The molecule has 1 unspecified atom stereocenters. The van der Waals surface area contributed by atoms with E-state index in [0.29, 0.717) is 0 Å². The zero-order valence-corrected chi connectivity index (χ0v) is 12.0. The molecule has 2 rings (SSSR count). The van der Waals surface area contributed by atoms with Crippen LogP contribution in [0.25, 0.3) is 0 Å². The van der Waals surface area contributed by atoms with Gasteiger partial charge in [-0.15, -0.1) is 0 Å². The lowest BCUT2D eigenvalue weighted by Crippen LogP contribution is -2.40. The van der Waals surface area contributed by atoms with E-state index in [1.54, 1.807) is 0 Å². The summed E-state index contributed by atoms with van der Waals surface area (Å²) in [5.74, 6) is -1.33. The third kappa shape index (κ3) is 2.57. The Morgan fingerprint density at radius 3 is 2.35 bits per heavy atom. The Morgan fingerprint density at radius 1 is 1.35 bits per heavy atom. The van der Waals surface area contributed by atoms with Crippen LogP contribution < -0.4 is 11.1 Å². The number of hydrogen-bond acceptors (Lipinski definition) is 4. The van der Waals surface area contributed by atoms with Gasteiger partial charge in [-0.1, -0.05) is 23.2 Å². The number of rotatable bonds is 2. The molecular weight excluding hydrogens is 305 g/mol. The van der Waals surface area contributed by atoms with Gasteiger partial charge in [0.05, 0.1) is 22.2 Å². The number of carbonyl (C=O) groups excluding carboxylic acids is 3. The molecule has 1 aliphatic heterocycles. The first kappa shape index (κ1) is 14.6. The van der Waals surface area contributed by atoms with Gasteiger partial charge < -0.3 is 11.1 Å². The summed E-state index contributed by atoms with van der Waals surface area (Å²) < 4.78 is 0. The molecule has 0 aromatic heterocycles. The van der Waals surface area contributed by atoms with E-state index in [2.05, 4.69) is 5.32 Å². The smallest absolute Gasteiger partial charge is 0.252 e. The molecule has 1 fully saturated rings. The van der Waals surface area contributed by atoms with Crippen LogP contribution in [-0.2, 0) is 9.59 Å². The molecular formula is C12H11Cl2N3O3. The monoisotopic (exact) mass is 315 g/mol. The number of halogens is 2. The Hall–Kier alpha value is -1.79. The lowest BCUT2D eigenvalue weighted by atomic mass is 10.1. The maximum absolute atomic E-state index is 12.0. The number of imide groups is 1. The minimum absolute atomic E-state index is 0.0580. The highest BCUT2D eigenvalue weighted by molar-refractivity contribution is 6.39. The van der Waals surface area contributed by atoms with E-state index in [0.717, 1.165) is 4.90 Å². The van der Waals surface area contributed by atoms with Crippen molar-refractivity contribution in [3.05, 3.63) is 27.7 Å². The van der Waals surface area contributed by atoms with E-state index in [1.165, 1.54) is 19.2 Å². The summed E-state index contributed by atoms with van der Waals surface area (Å²) >= 11 is 11.7. The van der Waals surface area contributed by atoms with Crippen LogP contribution in [-0.4, -0.2) is 35.7 Å². The van der Waals surface area contributed by atoms with Crippen LogP contribution in [0.2, 0.25) is 10.0 Å². The van der Waals surface area contributed by atoms with Crippen LogP contribution in [0.15, 0.2) is 12.1 Å². The number of nitrogen functional groups attached to an aromatic ring is 1. The predicted octanol–water partition coefficient (Wildman–Crippen LogP) is 1.06. The molecule has 0 aliphatic carbocycles. The number of likely N-dealkylation sites (tertiary alicyclic amines) is 1. The van der Waals surface area contributed by atoms with Crippen molar-refractivity contribution in [2.24, 2.45) is 0 Å². The fourth-order valence-electron chi connectivity index (χ4n) is 1.83. The van der Waals surface area contributed by atoms with Crippen molar-refractivity contribution in [2.75, 3.05) is 12.8 Å². The van der Waals surface area contributed by atoms with Crippen LogP contribution >= 0.6 is 23.2 Å². The maximum Gasteiger partial charge on any atom is 0.252 e. The van der Waals surface area contributed by atoms with Crippen molar-refractivity contribution in [3.8, 4) is 0 Å². The highest BCUT2D eigenvalue weighted by Crippen LogP contribution is 2.28. The predicted molar refractivity (Wildman–Crippen MR) is 74.5 cm³/mol. The summed E-state index contributed by atoms with van der Waals surface area (Å²) in [6.07, 6.45) is -0.0580. The second-order valence-electron chi connectivity index (χ2n) is 4.37. The summed E-state index contributed by atoms with van der Waals surface area (Å²) in [6, 6.07) is 1.83. The lowest BCUT2D eigenvalue weighted by molar-refractivity contribution is -0.137. The molecule has 106 valence electrons. The fourth-order valence-corrected chi connectivity index (χ4v) is 2.31. The van der Waals surface area contributed by atoms with Gasteiger partial charge in [0.2, 0.25) is 5.91 Å². The first-order chi connectivity index (χ1) is 9.31. The van der Waals surface area contributed by atoms with E-state index in [-0.39, 0.29) is 33.6 Å². The van der Waals surface area contributed by atoms with Crippen molar-refractivity contribution < 1.29 is 14.4 Å². The van der Waals surface area contributed by atoms with E-state index in [9.17, 15) is 14.4 Å². The lowest BCUT2D eigenvalue weighted by Gasteiger charge is -2.12. The molecule has 0 radical (unpaired) electrons. The molecule has 3 N–H and O–H groups in total. The molecule has 20 heavy (non-hydrogen) atoms. The molecule has 1 aromatic carbocycles. The molecule has 1 saturated heterocycles. The highest BCUT2D eigenvalue weighted by Gasteiger charge is 2.37. The molecule has 1 atom stereocenters. The van der Waals surface area contributed by atoms with Gasteiger partial charge in [0, 0.05) is 12.6 Å². The average molecular weight is 316 g/mol. The van der Waals surface area contributed by atoms with Crippen LogP contribution in [0.5, 0.6) is 0 Å². The van der Waals surface area contributed by atoms with Gasteiger partial charge in [-0.25, -0.2) is 0 Å². The number of amides is 3. The molecule has 1 aliphatic rings. The van der Waals surface area contributed by atoms with Gasteiger partial charge in [-0.05, 0) is 12.1 Å². The van der Waals surface area contributed by atoms with Crippen molar-refractivity contribution >= 4 is 46.6 Å². The summed E-state index contributed by atoms with van der Waals surface area (Å²) in [5.41, 5.74) is 5.92. The number of nitrogens with zero attached hydrogens (tertiary/aromatic N) is 1. The van der Waals surface area contributed by atoms with E-state index in [1.807, 2.05) is 0 Å². The number of nitrogens with one attached hydrogen (secondary N) is 1. The number of benzene rings is 1. The summed E-state index contributed by atoms with van der Waals surface area (Å²) in [7, 11) is 1.37. The second-order valence-corrected chi connectivity index (χ2v) is 5.19. The van der Waals surface area contributed by atoms with E-state index in [4.69, 9.17) is 28.9 Å². The average Bonchev–Trinajstić information content (AvgIpc) is 2.63. The van der Waals surface area contributed by atoms with Gasteiger partial charge in [0.25, 0.3) is 11.8 Å². The van der Waals surface area contributed by atoms with Gasteiger partial charge in [0.1, 0.15) is 6.04 Å². The maximum atomic E-state index is 12.0. The van der Waals surface area contributed by atoms with Crippen molar-refractivity contribution in [2.45, 2.75) is 12.5 Å². The van der Waals surface area contributed by atoms with Crippen molar-refractivity contribution in [3.63, 3.8) is 0 Å². The third-order valence-electron chi connectivity index (χ3n) is 3.03. The standard InChI is InChI=1S/C12H11Cl2N3O3/c1-17-9(18)4-8(12(17)20)16-11(19)5-2-6(13)10(15)7(14)3-5/h2-3,8H,4,15H2,1H3,(H,16,19). The largest absolute Gasteiger partial charge is 0.396 e. The Balaban J connectivity index is 2.17. The van der Waals surface area contributed by atoms with Crippen molar-refractivity contribution in [1.29, 1.82) is 0 Å². The van der Waals surface area contributed by atoms with E-state index >= 15 is 0 Å². The third-order valence-corrected chi connectivity index (χ3v) is 3.65. The first-order valence-electron chi connectivity index (χ1n) is 5.67. The molecule has 6 nitrogen and oxygen atoms in total. The fraction of sp³-hybridized carbons (Fsp3) is 0.250. The number of anilines is 1. The second kappa shape index (κ2) is 5.30. The molecule has 0 spiro atoms. The zero-order chi connectivity index (χ0) is 15.0. The van der Waals surface area contributed by atoms with E-state index < -0.39 is 17.9 Å². The van der Waals surface area contributed by atoms with Gasteiger partial charge >= 0.3 is 0 Å². The van der Waals surface area contributed by atoms with Gasteiger partial charge in [-0.3, -0.25) is 19.3 Å². The number of carbonyl (C=O) groups is 3. The quantitative estimate of drug-likeness (QED) is 0.630. The molecule has 8 heteroatoms. The number of hydrogen-bond donors (Lipinski definition) is 2.